The molecule has 1 N–H and O–H groups in total. The van der Waals surface area contributed by atoms with Crippen molar-refractivity contribution in [1.29, 1.82) is 5.26 Å². The van der Waals surface area contributed by atoms with E-state index in [-0.39, 0.29) is 5.91 Å². The molecule has 0 radical (unpaired) electrons. The van der Waals surface area contributed by atoms with Crippen LogP contribution in [-0.2, 0) is 4.79 Å². The highest BCUT2D eigenvalue weighted by Gasteiger charge is 2.20. The van der Waals surface area contributed by atoms with Gasteiger partial charge in [-0.2, -0.15) is 5.26 Å². The quantitative estimate of drug-likeness (QED) is 0.838. The van der Waals surface area contributed by atoms with Crippen LogP contribution in [0.5, 0.6) is 0 Å². The lowest BCUT2D eigenvalue weighted by atomic mass is 9.85. The van der Waals surface area contributed by atoms with E-state index in [9.17, 15) is 4.79 Å². The minimum atomic E-state index is 0.0340. The fraction of sp³-hybridized carbons (Fsp3) is 0.529. The summed E-state index contributed by atoms with van der Waals surface area (Å²) in [6, 6.07) is 9.02. The zero-order valence-corrected chi connectivity index (χ0v) is 12.6. The standard InChI is InChI=1S/C17H23N3O/c1-2-20(13-15-4-3-5-15)11-10-17(21)19-16-8-6-14(12-18)7-9-16/h6-9,15H,2-5,10-11,13H2,1H3,(H,19,21). The first kappa shape index (κ1) is 15.5. The molecule has 1 amide bonds. The fourth-order valence-electron chi connectivity index (χ4n) is 2.53. The molecule has 0 aliphatic heterocycles. The Morgan fingerprint density at radius 2 is 2.10 bits per heavy atom. The molecule has 1 aliphatic rings. The van der Waals surface area contributed by atoms with Crippen molar-refractivity contribution in [1.82, 2.24) is 4.90 Å². The number of rotatable bonds is 7. The molecule has 21 heavy (non-hydrogen) atoms. The smallest absolute Gasteiger partial charge is 0.225 e. The summed E-state index contributed by atoms with van der Waals surface area (Å²) in [5.41, 5.74) is 1.35. The van der Waals surface area contributed by atoms with Crippen LogP contribution < -0.4 is 5.32 Å². The molecule has 1 aromatic rings. The van der Waals surface area contributed by atoms with Gasteiger partial charge >= 0.3 is 0 Å². The second-order valence-corrected chi connectivity index (χ2v) is 5.68. The van der Waals surface area contributed by atoms with Gasteiger partial charge in [-0.15, -0.1) is 0 Å². The second kappa shape index (κ2) is 7.80. The summed E-state index contributed by atoms with van der Waals surface area (Å²) in [5, 5.41) is 11.6. The maximum Gasteiger partial charge on any atom is 0.225 e. The number of nitrogens with zero attached hydrogens (tertiary/aromatic N) is 2. The molecule has 1 fully saturated rings. The number of anilines is 1. The predicted octanol–water partition coefficient (Wildman–Crippen LogP) is 3.01. The van der Waals surface area contributed by atoms with Crippen LogP contribution in [0.15, 0.2) is 24.3 Å². The maximum atomic E-state index is 12.0. The minimum absolute atomic E-state index is 0.0340. The third-order valence-electron chi connectivity index (χ3n) is 4.14. The summed E-state index contributed by atoms with van der Waals surface area (Å²) in [6.45, 7) is 5.09. The summed E-state index contributed by atoms with van der Waals surface area (Å²) in [7, 11) is 0. The highest BCUT2D eigenvalue weighted by atomic mass is 16.1. The Morgan fingerprint density at radius 1 is 1.38 bits per heavy atom. The molecule has 0 spiro atoms. The van der Waals surface area contributed by atoms with E-state index in [1.165, 1.54) is 19.3 Å². The van der Waals surface area contributed by atoms with Gasteiger partial charge in [-0.3, -0.25) is 4.79 Å². The number of nitriles is 1. The third kappa shape index (κ3) is 4.87. The van der Waals surface area contributed by atoms with Gasteiger partial charge in [0, 0.05) is 25.2 Å². The van der Waals surface area contributed by atoms with Crippen molar-refractivity contribution >= 4 is 11.6 Å². The summed E-state index contributed by atoms with van der Waals surface area (Å²) < 4.78 is 0. The highest BCUT2D eigenvalue weighted by molar-refractivity contribution is 5.90. The largest absolute Gasteiger partial charge is 0.326 e. The molecular formula is C17H23N3O. The Bertz CT molecular complexity index is 500. The van der Waals surface area contributed by atoms with Gasteiger partial charge in [0.25, 0.3) is 0 Å². The number of nitrogens with one attached hydrogen (secondary N) is 1. The number of amides is 1. The van der Waals surface area contributed by atoms with Crippen molar-refractivity contribution in [3.8, 4) is 6.07 Å². The number of hydrogen-bond acceptors (Lipinski definition) is 3. The Hall–Kier alpha value is -1.86. The third-order valence-corrected chi connectivity index (χ3v) is 4.14. The Labute approximate surface area is 126 Å². The first-order valence-corrected chi connectivity index (χ1v) is 7.73. The van der Waals surface area contributed by atoms with Gasteiger partial charge in [0.15, 0.2) is 0 Å². The molecule has 0 aromatic heterocycles. The van der Waals surface area contributed by atoms with E-state index in [0.717, 1.165) is 31.2 Å². The molecule has 0 saturated heterocycles. The first-order chi connectivity index (χ1) is 10.2. The van der Waals surface area contributed by atoms with Crippen LogP contribution in [0.2, 0.25) is 0 Å². The molecule has 4 heteroatoms. The molecular weight excluding hydrogens is 262 g/mol. The van der Waals surface area contributed by atoms with Crippen molar-refractivity contribution < 1.29 is 4.79 Å². The van der Waals surface area contributed by atoms with E-state index < -0.39 is 0 Å². The van der Waals surface area contributed by atoms with Gasteiger partial charge in [0.2, 0.25) is 5.91 Å². The topological polar surface area (TPSA) is 56.1 Å². The van der Waals surface area contributed by atoms with Crippen molar-refractivity contribution in [3.63, 3.8) is 0 Å². The van der Waals surface area contributed by atoms with Crippen molar-refractivity contribution in [2.24, 2.45) is 5.92 Å². The Kier molecular flexibility index (Phi) is 5.77. The van der Waals surface area contributed by atoms with Crippen LogP contribution in [0.1, 0.15) is 38.2 Å². The number of benzene rings is 1. The zero-order chi connectivity index (χ0) is 15.1. The van der Waals surface area contributed by atoms with E-state index >= 15 is 0 Å². The molecule has 0 unspecified atom stereocenters. The predicted molar refractivity (Wildman–Crippen MR) is 83.9 cm³/mol. The lowest BCUT2D eigenvalue weighted by Gasteiger charge is -2.31. The highest BCUT2D eigenvalue weighted by Crippen LogP contribution is 2.27. The van der Waals surface area contributed by atoms with Crippen LogP contribution in [0.25, 0.3) is 0 Å². The van der Waals surface area contributed by atoms with Crippen LogP contribution in [0.4, 0.5) is 5.69 Å². The van der Waals surface area contributed by atoms with Gasteiger partial charge in [-0.25, -0.2) is 0 Å². The summed E-state index contributed by atoms with van der Waals surface area (Å²) in [4.78, 5) is 14.3. The molecule has 1 saturated carbocycles. The summed E-state index contributed by atoms with van der Waals surface area (Å²) in [5.74, 6) is 0.873. The molecule has 0 bridgehead atoms. The van der Waals surface area contributed by atoms with E-state index in [2.05, 4.69) is 23.2 Å². The fourth-order valence-corrected chi connectivity index (χ4v) is 2.53. The van der Waals surface area contributed by atoms with E-state index in [1.54, 1.807) is 24.3 Å². The number of hydrogen-bond donors (Lipinski definition) is 1. The van der Waals surface area contributed by atoms with Crippen molar-refractivity contribution in [3.05, 3.63) is 29.8 Å². The van der Waals surface area contributed by atoms with Crippen LogP contribution in [0, 0.1) is 17.2 Å². The van der Waals surface area contributed by atoms with Crippen molar-refractivity contribution in [2.45, 2.75) is 32.6 Å². The van der Waals surface area contributed by atoms with Crippen LogP contribution >= 0.6 is 0 Å². The number of carbonyl (C=O) groups is 1. The van der Waals surface area contributed by atoms with E-state index in [1.807, 2.05) is 0 Å². The molecule has 1 aliphatic carbocycles. The Morgan fingerprint density at radius 3 is 2.62 bits per heavy atom. The molecule has 4 nitrogen and oxygen atoms in total. The molecule has 0 heterocycles. The maximum absolute atomic E-state index is 12.0. The average molecular weight is 285 g/mol. The molecule has 2 rings (SSSR count). The molecule has 112 valence electrons. The lowest BCUT2D eigenvalue weighted by molar-refractivity contribution is -0.116. The SMILES string of the molecule is CCN(CCC(=O)Nc1ccc(C#N)cc1)CC1CCC1. The molecule has 1 aromatic carbocycles. The van der Waals surface area contributed by atoms with Crippen LogP contribution in [-0.4, -0.2) is 30.4 Å². The van der Waals surface area contributed by atoms with Gasteiger partial charge in [0.05, 0.1) is 11.6 Å². The first-order valence-electron chi connectivity index (χ1n) is 7.73. The second-order valence-electron chi connectivity index (χ2n) is 5.68. The lowest BCUT2D eigenvalue weighted by Crippen LogP contribution is -2.34. The summed E-state index contributed by atoms with van der Waals surface area (Å²) >= 11 is 0. The molecule has 0 atom stereocenters. The van der Waals surface area contributed by atoms with E-state index in [4.69, 9.17) is 5.26 Å². The summed E-state index contributed by atoms with van der Waals surface area (Å²) in [6.07, 6.45) is 4.56. The monoisotopic (exact) mass is 285 g/mol. The van der Waals surface area contributed by atoms with Gasteiger partial charge in [-0.05, 0) is 49.6 Å². The average Bonchev–Trinajstić information content (AvgIpc) is 2.46. The van der Waals surface area contributed by atoms with Crippen LogP contribution in [0.3, 0.4) is 0 Å². The zero-order valence-electron chi connectivity index (χ0n) is 12.6. The van der Waals surface area contributed by atoms with Crippen molar-refractivity contribution in [2.75, 3.05) is 25.0 Å². The minimum Gasteiger partial charge on any atom is -0.326 e. The normalized spacial score (nSPS) is 14.5. The van der Waals surface area contributed by atoms with E-state index in [0.29, 0.717) is 12.0 Å². The Balaban J connectivity index is 1.73. The number of carbonyl (C=O) groups excluding carboxylic acids is 1. The van der Waals surface area contributed by atoms with Gasteiger partial charge < -0.3 is 10.2 Å². The van der Waals surface area contributed by atoms with Gasteiger partial charge in [0.1, 0.15) is 0 Å². The van der Waals surface area contributed by atoms with Gasteiger partial charge in [-0.1, -0.05) is 13.3 Å².